The molecule has 8 heteroatoms. The number of aromatic nitrogens is 3. The number of rotatable bonds is 9. The predicted octanol–water partition coefficient (Wildman–Crippen LogP) is 5.16. The van der Waals surface area contributed by atoms with Crippen molar-refractivity contribution >= 4 is 44.4 Å². The number of benzene rings is 1. The van der Waals surface area contributed by atoms with Crippen LogP contribution in [-0.2, 0) is 5.75 Å². The Morgan fingerprint density at radius 1 is 1.00 bits per heavy atom. The molecule has 0 aliphatic carbocycles. The molecule has 1 aromatic carbocycles. The van der Waals surface area contributed by atoms with E-state index in [4.69, 9.17) is 15.0 Å². The summed E-state index contributed by atoms with van der Waals surface area (Å²) in [6.07, 6.45) is 0.982. The Bertz CT molecular complexity index is 956. The van der Waals surface area contributed by atoms with E-state index in [2.05, 4.69) is 43.5 Å². The van der Waals surface area contributed by atoms with Gasteiger partial charge < -0.3 is 15.7 Å². The first kappa shape index (κ1) is 21.8. The summed E-state index contributed by atoms with van der Waals surface area (Å²) >= 11 is 3.12. The molecule has 6 nitrogen and oxygen atoms in total. The Hall–Kier alpha value is -1.90. The monoisotopic (exact) mass is 431 g/mol. The molecule has 29 heavy (non-hydrogen) atoms. The van der Waals surface area contributed by atoms with Gasteiger partial charge in [-0.15, -0.1) is 0 Å². The Morgan fingerprint density at radius 3 is 2.38 bits per heavy atom. The summed E-state index contributed by atoms with van der Waals surface area (Å²) in [4.78, 5) is 14.2. The maximum absolute atomic E-state index is 9.70. The zero-order chi connectivity index (χ0) is 21.1. The molecule has 2 heterocycles. The maximum atomic E-state index is 9.70. The second kappa shape index (κ2) is 8.85. The van der Waals surface area contributed by atoms with Crippen LogP contribution in [0.15, 0.2) is 35.5 Å². The third-order valence-electron chi connectivity index (χ3n) is 4.63. The summed E-state index contributed by atoms with van der Waals surface area (Å²) in [5, 5.41) is 18.1. The van der Waals surface area contributed by atoms with Gasteiger partial charge in [-0.2, -0.15) is 4.98 Å². The van der Waals surface area contributed by atoms with Crippen LogP contribution in [0.4, 0.5) is 10.9 Å². The van der Waals surface area contributed by atoms with Crippen LogP contribution in [0.1, 0.15) is 46.6 Å². The van der Waals surface area contributed by atoms with Gasteiger partial charge >= 0.3 is 0 Å². The highest BCUT2D eigenvalue weighted by atomic mass is 32.2. The van der Waals surface area contributed by atoms with Crippen LogP contribution in [0.2, 0.25) is 0 Å². The molecule has 0 aliphatic rings. The van der Waals surface area contributed by atoms with Gasteiger partial charge in [0, 0.05) is 11.3 Å². The molecule has 156 valence electrons. The van der Waals surface area contributed by atoms with Crippen molar-refractivity contribution in [2.45, 2.75) is 63.0 Å². The average molecular weight is 432 g/mol. The van der Waals surface area contributed by atoms with E-state index in [0.717, 1.165) is 22.0 Å². The third-order valence-corrected chi connectivity index (χ3v) is 6.51. The van der Waals surface area contributed by atoms with Crippen LogP contribution in [0.5, 0.6) is 0 Å². The summed E-state index contributed by atoms with van der Waals surface area (Å²) in [6, 6.07) is 10.3. The molecular weight excluding hydrogens is 402 g/mol. The van der Waals surface area contributed by atoms with Crippen molar-refractivity contribution in [1.82, 2.24) is 15.0 Å². The van der Waals surface area contributed by atoms with E-state index in [1.165, 1.54) is 16.9 Å². The molecule has 0 saturated heterocycles. The number of thiazole rings is 1. The Labute approximate surface area is 180 Å². The molecule has 0 atom stereocenters. The number of aliphatic hydroxyl groups excluding tert-OH is 1. The van der Waals surface area contributed by atoms with Gasteiger partial charge in [0.05, 0.1) is 12.1 Å². The number of thioether (sulfide) groups is 1. The van der Waals surface area contributed by atoms with E-state index in [-0.39, 0.29) is 12.1 Å². The maximum Gasteiger partial charge on any atom is 0.191 e. The van der Waals surface area contributed by atoms with Crippen molar-refractivity contribution in [1.29, 1.82) is 0 Å². The number of nitrogens with zero attached hydrogens (tertiary/aromatic N) is 3. The number of hydrogen-bond acceptors (Lipinski definition) is 8. The summed E-state index contributed by atoms with van der Waals surface area (Å²) < 4.78 is 0.894. The predicted molar refractivity (Wildman–Crippen MR) is 124 cm³/mol. The standard InChI is InChI=1S/C21H29N5OS2/c1-6-20(2,3)26-19-23-16-15(29-19)17(25-21(4,5)13-27)24-18(22-16)28-12-14-10-8-7-9-11-14/h7-11,27H,6,12-13H2,1-5H3,(H2,22,23,24,25,26). The molecule has 3 N–H and O–H groups in total. The van der Waals surface area contributed by atoms with Crippen LogP contribution in [0, 0.1) is 0 Å². The highest BCUT2D eigenvalue weighted by molar-refractivity contribution is 7.98. The summed E-state index contributed by atoms with van der Waals surface area (Å²) in [5.74, 6) is 1.50. The van der Waals surface area contributed by atoms with Crippen molar-refractivity contribution in [2.24, 2.45) is 0 Å². The average Bonchev–Trinajstić information content (AvgIpc) is 3.09. The number of hydrogen-bond donors (Lipinski definition) is 3. The molecule has 0 fully saturated rings. The minimum Gasteiger partial charge on any atom is -0.394 e. The van der Waals surface area contributed by atoms with Crippen LogP contribution in [0.3, 0.4) is 0 Å². The molecule has 0 spiro atoms. The lowest BCUT2D eigenvalue weighted by Crippen LogP contribution is -2.35. The van der Waals surface area contributed by atoms with Gasteiger partial charge in [-0.3, -0.25) is 0 Å². The molecule has 0 aliphatic heterocycles. The molecule has 0 saturated carbocycles. The minimum absolute atomic E-state index is 0.00222. The smallest absolute Gasteiger partial charge is 0.191 e. The lowest BCUT2D eigenvalue weighted by molar-refractivity contribution is 0.234. The molecular formula is C21H29N5OS2. The van der Waals surface area contributed by atoms with Crippen molar-refractivity contribution in [2.75, 3.05) is 17.2 Å². The minimum atomic E-state index is -0.497. The van der Waals surface area contributed by atoms with Crippen molar-refractivity contribution in [3.63, 3.8) is 0 Å². The first-order valence-corrected chi connectivity index (χ1v) is 11.5. The lowest BCUT2D eigenvalue weighted by Gasteiger charge is -2.24. The number of nitrogens with one attached hydrogen (secondary N) is 2. The summed E-state index contributed by atoms with van der Waals surface area (Å²) in [6.45, 7) is 10.3. The van der Waals surface area contributed by atoms with Gasteiger partial charge in [0.2, 0.25) is 0 Å². The van der Waals surface area contributed by atoms with E-state index in [0.29, 0.717) is 16.6 Å². The van der Waals surface area contributed by atoms with E-state index in [1.54, 1.807) is 11.8 Å². The van der Waals surface area contributed by atoms with E-state index < -0.39 is 5.54 Å². The fourth-order valence-electron chi connectivity index (χ4n) is 2.47. The Kier molecular flexibility index (Phi) is 6.65. The summed E-state index contributed by atoms with van der Waals surface area (Å²) in [7, 11) is 0. The number of aliphatic hydroxyl groups is 1. The van der Waals surface area contributed by atoms with Gasteiger partial charge in [0.1, 0.15) is 4.70 Å². The van der Waals surface area contributed by atoms with Crippen LogP contribution < -0.4 is 10.6 Å². The second-order valence-electron chi connectivity index (χ2n) is 8.33. The topological polar surface area (TPSA) is 83.0 Å². The van der Waals surface area contributed by atoms with E-state index in [9.17, 15) is 5.11 Å². The zero-order valence-electron chi connectivity index (χ0n) is 17.6. The molecule has 3 aromatic rings. The number of anilines is 2. The normalized spacial score (nSPS) is 12.3. The zero-order valence-corrected chi connectivity index (χ0v) is 19.2. The van der Waals surface area contributed by atoms with Crippen molar-refractivity contribution in [3.05, 3.63) is 35.9 Å². The highest BCUT2D eigenvalue weighted by Gasteiger charge is 2.23. The van der Waals surface area contributed by atoms with Crippen LogP contribution in [-0.4, -0.2) is 37.7 Å². The van der Waals surface area contributed by atoms with Crippen LogP contribution in [0.25, 0.3) is 10.3 Å². The van der Waals surface area contributed by atoms with Gasteiger partial charge in [-0.1, -0.05) is 60.4 Å². The third kappa shape index (κ3) is 5.81. The first-order chi connectivity index (χ1) is 13.7. The molecule has 0 unspecified atom stereocenters. The van der Waals surface area contributed by atoms with Gasteiger partial charge in [0.15, 0.2) is 21.8 Å². The van der Waals surface area contributed by atoms with Gasteiger partial charge in [0.25, 0.3) is 0 Å². The van der Waals surface area contributed by atoms with Crippen molar-refractivity contribution in [3.8, 4) is 0 Å². The molecule has 3 rings (SSSR count). The molecule has 0 bridgehead atoms. The highest BCUT2D eigenvalue weighted by Crippen LogP contribution is 2.35. The number of fused-ring (bicyclic) bond motifs is 1. The Balaban J connectivity index is 1.95. The Morgan fingerprint density at radius 2 is 1.72 bits per heavy atom. The summed E-state index contributed by atoms with van der Waals surface area (Å²) in [5.41, 5.74) is 1.34. The van der Waals surface area contributed by atoms with Crippen molar-refractivity contribution < 1.29 is 5.11 Å². The second-order valence-corrected chi connectivity index (χ2v) is 10.3. The molecule has 0 radical (unpaired) electrons. The quantitative estimate of drug-likeness (QED) is 0.319. The molecule has 2 aromatic heterocycles. The lowest BCUT2D eigenvalue weighted by atomic mass is 10.0. The van der Waals surface area contributed by atoms with Gasteiger partial charge in [-0.25, -0.2) is 9.97 Å². The SMILES string of the molecule is CCC(C)(C)Nc1nc2nc(SCc3ccccc3)nc(NC(C)(C)CO)c2s1. The van der Waals surface area contributed by atoms with Crippen LogP contribution >= 0.6 is 23.1 Å². The fourth-order valence-corrected chi connectivity index (χ4v) is 4.29. The van der Waals surface area contributed by atoms with E-state index in [1.807, 2.05) is 32.0 Å². The fraction of sp³-hybridized carbons (Fsp3) is 0.476. The van der Waals surface area contributed by atoms with Gasteiger partial charge in [-0.05, 0) is 39.7 Å². The van der Waals surface area contributed by atoms with E-state index >= 15 is 0 Å². The molecule has 0 amide bonds. The largest absolute Gasteiger partial charge is 0.394 e. The first-order valence-electron chi connectivity index (χ1n) is 9.74.